The van der Waals surface area contributed by atoms with Crippen LogP contribution in [0.4, 0.5) is 11.5 Å². The predicted octanol–water partition coefficient (Wildman–Crippen LogP) is 1.69. The number of amides is 1. The first kappa shape index (κ1) is 19.7. The van der Waals surface area contributed by atoms with Crippen LogP contribution in [0.15, 0.2) is 36.5 Å². The number of ether oxygens (including phenoxy) is 2. The lowest BCUT2D eigenvalue weighted by Crippen LogP contribution is -2.50. The summed E-state index contributed by atoms with van der Waals surface area (Å²) < 4.78 is 11.0. The molecule has 8 nitrogen and oxygen atoms in total. The van der Waals surface area contributed by atoms with Crippen LogP contribution in [0.2, 0.25) is 5.02 Å². The molecule has 4 rings (SSSR count). The Morgan fingerprint density at radius 3 is 2.48 bits per heavy atom. The molecule has 0 saturated carbocycles. The second-order valence-corrected chi connectivity index (χ2v) is 7.42. The molecule has 2 aliphatic heterocycles. The van der Waals surface area contributed by atoms with Crippen molar-refractivity contribution in [1.29, 1.82) is 0 Å². The maximum absolute atomic E-state index is 12.5. The quantitative estimate of drug-likeness (QED) is 0.733. The fraction of sp³-hybridized carbons (Fsp3) is 0.450. The van der Waals surface area contributed by atoms with Gasteiger partial charge in [-0.2, -0.15) is 5.10 Å². The van der Waals surface area contributed by atoms with E-state index in [-0.39, 0.29) is 12.5 Å². The number of nitrogens with zero attached hydrogens (tertiary/aromatic N) is 5. The maximum atomic E-state index is 12.5. The van der Waals surface area contributed by atoms with Gasteiger partial charge < -0.3 is 24.2 Å². The van der Waals surface area contributed by atoms with Crippen molar-refractivity contribution in [3.63, 3.8) is 0 Å². The second kappa shape index (κ2) is 9.28. The van der Waals surface area contributed by atoms with Crippen LogP contribution in [0.3, 0.4) is 0 Å². The van der Waals surface area contributed by atoms with Gasteiger partial charge in [-0.15, -0.1) is 5.10 Å². The Morgan fingerprint density at radius 2 is 1.76 bits per heavy atom. The van der Waals surface area contributed by atoms with Gasteiger partial charge in [-0.25, -0.2) is 0 Å². The number of benzene rings is 1. The van der Waals surface area contributed by atoms with Crippen molar-refractivity contribution in [3.05, 3.63) is 41.6 Å². The lowest BCUT2D eigenvalue weighted by molar-refractivity contribution is -0.133. The lowest BCUT2D eigenvalue weighted by Gasteiger charge is -2.35. The Bertz CT molecular complexity index is 821. The molecule has 0 N–H and O–H groups in total. The topological polar surface area (TPSA) is 71.0 Å². The molecular formula is C20H24ClN5O3. The third-order valence-electron chi connectivity index (χ3n) is 5.14. The first-order valence-electron chi connectivity index (χ1n) is 9.75. The smallest absolute Gasteiger partial charge is 0.260 e. The Labute approximate surface area is 175 Å². The molecule has 3 heterocycles. The van der Waals surface area contributed by atoms with Gasteiger partial charge in [0.15, 0.2) is 12.4 Å². The van der Waals surface area contributed by atoms with E-state index < -0.39 is 0 Å². The van der Waals surface area contributed by atoms with E-state index in [0.29, 0.717) is 37.0 Å². The van der Waals surface area contributed by atoms with E-state index in [4.69, 9.17) is 21.1 Å². The molecule has 0 atom stereocenters. The molecule has 1 aromatic heterocycles. The van der Waals surface area contributed by atoms with Crippen LogP contribution in [0.5, 0.6) is 5.75 Å². The normalized spacial score (nSPS) is 17.3. The number of morpholine rings is 1. The van der Waals surface area contributed by atoms with Crippen LogP contribution < -0.4 is 14.5 Å². The number of halogens is 1. The molecule has 29 heavy (non-hydrogen) atoms. The van der Waals surface area contributed by atoms with Crippen molar-refractivity contribution < 1.29 is 14.3 Å². The molecule has 0 spiro atoms. The number of aromatic nitrogens is 2. The maximum Gasteiger partial charge on any atom is 0.260 e. The SMILES string of the molecule is O=C(COc1ccc(Cl)cc1)N1CCN(c2cc(N3CCOCC3)cnn2)CC1. The molecule has 2 fully saturated rings. The molecule has 2 aromatic rings. The molecule has 154 valence electrons. The summed E-state index contributed by atoms with van der Waals surface area (Å²) >= 11 is 5.86. The highest BCUT2D eigenvalue weighted by Gasteiger charge is 2.23. The average Bonchev–Trinajstić information content (AvgIpc) is 2.79. The molecule has 1 amide bonds. The standard InChI is InChI=1S/C20H24ClN5O3/c21-16-1-3-18(4-2-16)29-15-20(27)26-7-5-25(6-8-26)19-13-17(14-22-23-19)24-9-11-28-12-10-24/h1-4,13-14H,5-12,15H2. The van der Waals surface area contributed by atoms with E-state index >= 15 is 0 Å². The van der Waals surface area contributed by atoms with Crippen molar-refractivity contribution in [2.24, 2.45) is 0 Å². The van der Waals surface area contributed by atoms with Gasteiger partial charge in [-0.05, 0) is 24.3 Å². The lowest BCUT2D eigenvalue weighted by atomic mass is 10.3. The van der Waals surface area contributed by atoms with E-state index in [1.165, 1.54) is 0 Å². The van der Waals surface area contributed by atoms with Gasteiger partial charge in [0, 0.05) is 50.4 Å². The van der Waals surface area contributed by atoms with Gasteiger partial charge in [-0.1, -0.05) is 11.6 Å². The van der Waals surface area contributed by atoms with E-state index in [0.717, 1.165) is 37.8 Å². The van der Waals surface area contributed by atoms with Crippen molar-refractivity contribution in [2.45, 2.75) is 0 Å². The van der Waals surface area contributed by atoms with Gasteiger partial charge in [0.2, 0.25) is 0 Å². The zero-order chi connectivity index (χ0) is 20.1. The third-order valence-corrected chi connectivity index (χ3v) is 5.39. The summed E-state index contributed by atoms with van der Waals surface area (Å²) in [6, 6.07) is 9.07. The zero-order valence-electron chi connectivity index (χ0n) is 16.2. The van der Waals surface area contributed by atoms with Crippen LogP contribution in [0, 0.1) is 0 Å². The van der Waals surface area contributed by atoms with E-state index in [9.17, 15) is 4.79 Å². The Balaban J connectivity index is 1.28. The van der Waals surface area contributed by atoms with Gasteiger partial charge in [0.25, 0.3) is 5.91 Å². The molecule has 0 aliphatic carbocycles. The fourth-order valence-electron chi connectivity index (χ4n) is 3.45. The number of carbonyl (C=O) groups is 1. The first-order chi connectivity index (χ1) is 14.2. The highest BCUT2D eigenvalue weighted by atomic mass is 35.5. The summed E-state index contributed by atoms with van der Waals surface area (Å²) in [4.78, 5) is 18.7. The number of anilines is 2. The summed E-state index contributed by atoms with van der Waals surface area (Å²) in [5, 5.41) is 9.10. The monoisotopic (exact) mass is 417 g/mol. The van der Waals surface area contributed by atoms with Gasteiger partial charge in [-0.3, -0.25) is 4.79 Å². The summed E-state index contributed by atoms with van der Waals surface area (Å²) in [5.41, 5.74) is 1.06. The highest BCUT2D eigenvalue weighted by Crippen LogP contribution is 2.21. The number of carbonyl (C=O) groups excluding carboxylic acids is 1. The minimum absolute atomic E-state index is 0.0206. The van der Waals surface area contributed by atoms with Crippen LogP contribution >= 0.6 is 11.6 Å². The third kappa shape index (κ3) is 5.07. The molecule has 0 unspecified atom stereocenters. The highest BCUT2D eigenvalue weighted by molar-refractivity contribution is 6.30. The molecule has 2 aliphatic rings. The molecule has 2 saturated heterocycles. The van der Waals surface area contributed by atoms with Crippen molar-refractivity contribution in [1.82, 2.24) is 15.1 Å². The largest absolute Gasteiger partial charge is 0.484 e. The van der Waals surface area contributed by atoms with Gasteiger partial charge in [0.05, 0.1) is 25.1 Å². The summed E-state index contributed by atoms with van der Waals surface area (Å²) in [6.45, 7) is 5.91. The Hall–Kier alpha value is -2.58. The molecule has 1 aromatic carbocycles. The molecule has 0 bridgehead atoms. The average molecular weight is 418 g/mol. The minimum Gasteiger partial charge on any atom is -0.484 e. The predicted molar refractivity (Wildman–Crippen MR) is 111 cm³/mol. The fourth-order valence-corrected chi connectivity index (χ4v) is 3.57. The molecular weight excluding hydrogens is 394 g/mol. The summed E-state index contributed by atoms with van der Waals surface area (Å²) in [7, 11) is 0. The summed E-state index contributed by atoms with van der Waals surface area (Å²) in [5.74, 6) is 1.46. The van der Waals surface area contributed by atoms with Gasteiger partial charge in [0.1, 0.15) is 5.75 Å². The first-order valence-corrected chi connectivity index (χ1v) is 10.1. The van der Waals surface area contributed by atoms with Crippen molar-refractivity contribution >= 4 is 29.0 Å². The van der Waals surface area contributed by atoms with Gasteiger partial charge >= 0.3 is 0 Å². The van der Waals surface area contributed by atoms with Crippen molar-refractivity contribution in [2.75, 3.05) is 68.9 Å². The van der Waals surface area contributed by atoms with Crippen LogP contribution in [-0.4, -0.2) is 80.1 Å². The number of piperazine rings is 1. The minimum atomic E-state index is -0.0206. The number of hydrogen-bond acceptors (Lipinski definition) is 7. The Kier molecular flexibility index (Phi) is 6.31. The molecule has 9 heteroatoms. The van der Waals surface area contributed by atoms with Crippen LogP contribution in [-0.2, 0) is 9.53 Å². The molecule has 0 radical (unpaired) electrons. The Morgan fingerprint density at radius 1 is 1.03 bits per heavy atom. The van der Waals surface area contributed by atoms with E-state index in [2.05, 4.69) is 26.1 Å². The van der Waals surface area contributed by atoms with E-state index in [1.54, 1.807) is 30.5 Å². The van der Waals surface area contributed by atoms with E-state index in [1.807, 2.05) is 4.90 Å². The zero-order valence-corrected chi connectivity index (χ0v) is 16.9. The van der Waals surface area contributed by atoms with Crippen LogP contribution in [0.25, 0.3) is 0 Å². The second-order valence-electron chi connectivity index (χ2n) is 6.98. The number of hydrogen-bond donors (Lipinski definition) is 0. The summed E-state index contributed by atoms with van der Waals surface area (Å²) in [6.07, 6.45) is 1.79. The van der Waals surface area contributed by atoms with Crippen LogP contribution in [0.1, 0.15) is 0 Å². The van der Waals surface area contributed by atoms with Crippen molar-refractivity contribution in [3.8, 4) is 5.75 Å². The number of rotatable bonds is 5.